The molecule has 1 atom stereocenters. The maximum absolute atomic E-state index is 12.9. The molecule has 21 heavy (non-hydrogen) atoms. The molecular weight excluding hydrogens is 286 g/mol. The van der Waals surface area contributed by atoms with Crippen LogP contribution in [-0.4, -0.2) is 40.1 Å². The molecular formula is C15H19N3O2S. The number of morpholine rings is 1. The number of aryl methyl sites for hydroxylation is 3. The Labute approximate surface area is 128 Å². The smallest absolute Gasteiger partial charge is 0.266 e. The molecule has 112 valence electrons. The van der Waals surface area contributed by atoms with Crippen molar-refractivity contribution in [3.05, 3.63) is 39.6 Å². The van der Waals surface area contributed by atoms with Gasteiger partial charge >= 0.3 is 0 Å². The maximum Gasteiger partial charge on any atom is 0.266 e. The van der Waals surface area contributed by atoms with Gasteiger partial charge in [0.1, 0.15) is 4.88 Å². The normalized spacial score (nSPS) is 19.0. The first-order chi connectivity index (χ1) is 10.1. The van der Waals surface area contributed by atoms with E-state index in [1.807, 2.05) is 48.7 Å². The van der Waals surface area contributed by atoms with E-state index in [4.69, 9.17) is 4.74 Å². The van der Waals surface area contributed by atoms with Crippen molar-refractivity contribution in [1.29, 1.82) is 0 Å². The Kier molecular flexibility index (Phi) is 3.82. The van der Waals surface area contributed by atoms with Crippen LogP contribution in [0.4, 0.5) is 0 Å². The van der Waals surface area contributed by atoms with Crippen molar-refractivity contribution in [2.45, 2.75) is 19.9 Å². The summed E-state index contributed by atoms with van der Waals surface area (Å²) in [7, 11) is 1.99. The highest BCUT2D eigenvalue weighted by atomic mass is 32.1. The van der Waals surface area contributed by atoms with E-state index in [1.54, 1.807) is 0 Å². The lowest BCUT2D eigenvalue weighted by Crippen LogP contribution is -2.44. The zero-order valence-electron chi connectivity index (χ0n) is 12.5. The zero-order valence-corrected chi connectivity index (χ0v) is 13.3. The molecule has 2 aromatic rings. The number of hydrogen-bond acceptors (Lipinski definition) is 4. The minimum atomic E-state index is -0.0342. The Morgan fingerprint density at radius 1 is 1.48 bits per heavy atom. The van der Waals surface area contributed by atoms with Gasteiger partial charge in [-0.1, -0.05) is 0 Å². The number of amides is 1. The molecule has 5 nitrogen and oxygen atoms in total. The number of rotatable bonds is 2. The number of carbonyl (C=O) groups excluding carboxylic acids is 1. The number of aromatic nitrogens is 2. The van der Waals surface area contributed by atoms with Crippen molar-refractivity contribution in [1.82, 2.24) is 14.5 Å². The van der Waals surface area contributed by atoms with E-state index in [1.165, 1.54) is 11.3 Å². The standard InChI is InChI=1S/C15H19N3O2S/c1-10-14(21-11(2)16-10)15(19)18-7-8-20-9-13(18)12-5-4-6-17(12)3/h4-6,13H,7-9H2,1-3H3/t13-/m1/s1. The number of nitrogens with zero attached hydrogens (tertiary/aromatic N) is 3. The van der Waals surface area contributed by atoms with Gasteiger partial charge in [0.2, 0.25) is 0 Å². The molecule has 2 aromatic heterocycles. The van der Waals surface area contributed by atoms with Crippen LogP contribution in [0, 0.1) is 13.8 Å². The Morgan fingerprint density at radius 2 is 2.29 bits per heavy atom. The molecule has 1 saturated heterocycles. The highest BCUT2D eigenvalue weighted by Crippen LogP contribution is 2.28. The Morgan fingerprint density at radius 3 is 2.90 bits per heavy atom. The molecule has 0 aromatic carbocycles. The van der Waals surface area contributed by atoms with Crippen LogP contribution in [0.3, 0.4) is 0 Å². The molecule has 0 spiro atoms. The Bertz CT molecular complexity index is 662. The van der Waals surface area contributed by atoms with Gasteiger partial charge in [0.25, 0.3) is 5.91 Å². The third-order valence-corrected chi connectivity index (χ3v) is 4.87. The second-order valence-corrected chi connectivity index (χ2v) is 6.48. The molecule has 0 aliphatic carbocycles. The minimum absolute atomic E-state index is 0.0342. The molecule has 1 amide bonds. The van der Waals surface area contributed by atoms with Gasteiger partial charge in [-0.15, -0.1) is 11.3 Å². The fourth-order valence-electron chi connectivity index (χ4n) is 2.77. The molecule has 0 saturated carbocycles. The lowest BCUT2D eigenvalue weighted by Gasteiger charge is -2.35. The second kappa shape index (κ2) is 5.61. The van der Waals surface area contributed by atoms with Gasteiger partial charge in [0.15, 0.2) is 0 Å². The molecule has 6 heteroatoms. The summed E-state index contributed by atoms with van der Waals surface area (Å²) in [6, 6.07) is 4.01. The van der Waals surface area contributed by atoms with Crippen LogP contribution >= 0.6 is 11.3 Å². The molecule has 0 radical (unpaired) electrons. The number of ether oxygens (including phenoxy) is 1. The summed E-state index contributed by atoms with van der Waals surface area (Å²) in [6.07, 6.45) is 1.99. The highest BCUT2D eigenvalue weighted by Gasteiger charge is 2.32. The second-order valence-electron chi connectivity index (χ2n) is 5.28. The van der Waals surface area contributed by atoms with E-state index in [9.17, 15) is 4.79 Å². The van der Waals surface area contributed by atoms with E-state index in [0.717, 1.165) is 21.3 Å². The fraction of sp³-hybridized carbons (Fsp3) is 0.467. The molecule has 0 unspecified atom stereocenters. The van der Waals surface area contributed by atoms with E-state index in [2.05, 4.69) is 4.98 Å². The number of hydrogen-bond donors (Lipinski definition) is 0. The van der Waals surface area contributed by atoms with Gasteiger partial charge in [0.05, 0.1) is 30.0 Å². The van der Waals surface area contributed by atoms with Gasteiger partial charge in [-0.05, 0) is 26.0 Å². The summed E-state index contributed by atoms with van der Waals surface area (Å²) in [6.45, 7) is 5.58. The van der Waals surface area contributed by atoms with Crippen molar-refractivity contribution in [3.8, 4) is 0 Å². The van der Waals surface area contributed by atoms with Crippen LogP contribution in [0.25, 0.3) is 0 Å². The quantitative estimate of drug-likeness (QED) is 0.855. The van der Waals surface area contributed by atoms with Gasteiger partial charge in [-0.2, -0.15) is 0 Å². The van der Waals surface area contributed by atoms with Gasteiger partial charge in [-0.25, -0.2) is 4.98 Å². The zero-order chi connectivity index (χ0) is 15.0. The van der Waals surface area contributed by atoms with E-state index >= 15 is 0 Å². The first kappa shape index (κ1) is 14.3. The monoisotopic (exact) mass is 305 g/mol. The Balaban J connectivity index is 1.93. The van der Waals surface area contributed by atoms with Crippen LogP contribution in [0.5, 0.6) is 0 Å². The van der Waals surface area contributed by atoms with Gasteiger partial charge in [-0.3, -0.25) is 4.79 Å². The van der Waals surface area contributed by atoms with Crippen molar-refractivity contribution >= 4 is 17.2 Å². The molecule has 1 aliphatic heterocycles. The van der Waals surface area contributed by atoms with Gasteiger partial charge in [0, 0.05) is 25.5 Å². The number of thiazole rings is 1. The lowest BCUT2D eigenvalue weighted by molar-refractivity contribution is -0.00442. The van der Waals surface area contributed by atoms with Crippen LogP contribution in [0.1, 0.15) is 32.1 Å². The minimum Gasteiger partial charge on any atom is -0.377 e. The van der Waals surface area contributed by atoms with E-state index < -0.39 is 0 Å². The molecule has 0 bridgehead atoms. The third kappa shape index (κ3) is 2.61. The SMILES string of the molecule is Cc1nc(C)c(C(=O)N2CCOC[C@@H]2c2cccn2C)s1. The average Bonchev–Trinajstić information content (AvgIpc) is 3.03. The van der Waals surface area contributed by atoms with Gasteiger partial charge < -0.3 is 14.2 Å². The maximum atomic E-state index is 12.9. The fourth-order valence-corrected chi connectivity index (χ4v) is 3.65. The van der Waals surface area contributed by atoms with Crippen molar-refractivity contribution in [2.24, 2.45) is 7.05 Å². The summed E-state index contributed by atoms with van der Waals surface area (Å²) in [4.78, 5) is 19.9. The van der Waals surface area contributed by atoms with E-state index in [-0.39, 0.29) is 11.9 Å². The Hall–Kier alpha value is -1.66. The predicted molar refractivity (Wildman–Crippen MR) is 81.6 cm³/mol. The molecule has 3 rings (SSSR count). The molecule has 0 N–H and O–H groups in total. The summed E-state index contributed by atoms with van der Waals surface area (Å²) in [5.41, 5.74) is 1.92. The average molecular weight is 305 g/mol. The molecule has 1 aliphatic rings. The molecule has 1 fully saturated rings. The van der Waals surface area contributed by atoms with Crippen molar-refractivity contribution in [2.75, 3.05) is 19.8 Å². The summed E-state index contributed by atoms with van der Waals surface area (Å²) < 4.78 is 7.64. The summed E-state index contributed by atoms with van der Waals surface area (Å²) in [5, 5.41) is 0.930. The molecule has 3 heterocycles. The first-order valence-corrected chi connectivity index (χ1v) is 7.83. The number of carbonyl (C=O) groups is 1. The van der Waals surface area contributed by atoms with Crippen molar-refractivity contribution in [3.63, 3.8) is 0 Å². The summed E-state index contributed by atoms with van der Waals surface area (Å²) >= 11 is 1.47. The van der Waals surface area contributed by atoms with Crippen LogP contribution in [0.2, 0.25) is 0 Å². The third-order valence-electron chi connectivity index (χ3n) is 3.81. The van der Waals surface area contributed by atoms with Crippen LogP contribution in [-0.2, 0) is 11.8 Å². The highest BCUT2D eigenvalue weighted by molar-refractivity contribution is 7.13. The van der Waals surface area contributed by atoms with Crippen molar-refractivity contribution < 1.29 is 9.53 Å². The lowest BCUT2D eigenvalue weighted by atomic mass is 10.1. The predicted octanol–water partition coefficient (Wildman–Crippen LogP) is 2.31. The van der Waals surface area contributed by atoms with Crippen LogP contribution in [0.15, 0.2) is 18.3 Å². The van der Waals surface area contributed by atoms with Crippen LogP contribution < -0.4 is 0 Å². The van der Waals surface area contributed by atoms with E-state index in [0.29, 0.717) is 19.8 Å². The first-order valence-electron chi connectivity index (χ1n) is 7.02. The topological polar surface area (TPSA) is 47.4 Å². The largest absolute Gasteiger partial charge is 0.377 e. The summed E-state index contributed by atoms with van der Waals surface area (Å²) in [5.74, 6) is 0.0626.